The van der Waals surface area contributed by atoms with Crippen molar-refractivity contribution < 1.29 is 0 Å². The second-order valence-corrected chi connectivity index (χ2v) is 3.17. The van der Waals surface area contributed by atoms with Crippen molar-refractivity contribution in [2.75, 3.05) is 6.54 Å². The minimum atomic E-state index is 0.707. The molecule has 1 aromatic rings. The van der Waals surface area contributed by atoms with Gasteiger partial charge in [-0.2, -0.15) is 0 Å². The molecule has 0 aromatic carbocycles. The Labute approximate surface area is 76.3 Å². The lowest BCUT2D eigenvalue weighted by Crippen LogP contribution is -1.99. The Bertz CT molecular complexity index is 320. The van der Waals surface area contributed by atoms with Crippen LogP contribution in [-0.2, 0) is 0 Å². The third kappa shape index (κ3) is 1.34. The van der Waals surface area contributed by atoms with Crippen molar-refractivity contribution in [1.82, 2.24) is 4.98 Å². The first-order chi connectivity index (χ1) is 5.88. The van der Waals surface area contributed by atoms with Gasteiger partial charge in [-0.05, 0) is 25.0 Å². The molecule has 0 saturated heterocycles. The maximum Gasteiger partial charge on any atom is 0.103 e. The van der Waals surface area contributed by atoms with Crippen molar-refractivity contribution in [3.8, 4) is 0 Å². The zero-order valence-corrected chi connectivity index (χ0v) is 7.38. The fourth-order valence-electron chi connectivity index (χ4n) is 1.33. The van der Waals surface area contributed by atoms with E-state index in [1.54, 1.807) is 6.20 Å². The Kier molecular flexibility index (Phi) is 2.09. The van der Waals surface area contributed by atoms with Gasteiger partial charge in [0.2, 0.25) is 0 Å². The summed E-state index contributed by atoms with van der Waals surface area (Å²) >= 11 is 5.96. The molecule has 0 unspecified atom stereocenters. The summed E-state index contributed by atoms with van der Waals surface area (Å²) in [6.45, 7) is 0.919. The second kappa shape index (κ2) is 3.23. The maximum absolute atomic E-state index is 5.96. The Morgan fingerprint density at radius 3 is 3.00 bits per heavy atom. The van der Waals surface area contributed by atoms with Crippen LogP contribution in [-0.4, -0.2) is 17.2 Å². The van der Waals surface area contributed by atoms with Crippen LogP contribution in [0, 0.1) is 0 Å². The average Bonchev–Trinajstić information content (AvgIpc) is 2.57. The van der Waals surface area contributed by atoms with Gasteiger partial charge in [0.15, 0.2) is 0 Å². The van der Waals surface area contributed by atoms with Gasteiger partial charge < -0.3 is 0 Å². The molecule has 2 rings (SSSR count). The van der Waals surface area contributed by atoms with E-state index in [0.717, 1.165) is 30.8 Å². The van der Waals surface area contributed by atoms with Crippen LogP contribution in [0.3, 0.4) is 0 Å². The van der Waals surface area contributed by atoms with Crippen molar-refractivity contribution in [3.63, 3.8) is 0 Å². The molecular weight excluding hydrogens is 172 g/mol. The predicted octanol–water partition coefficient (Wildman–Crippen LogP) is 2.32. The zero-order valence-electron chi connectivity index (χ0n) is 6.63. The molecule has 1 aliphatic rings. The van der Waals surface area contributed by atoms with Crippen molar-refractivity contribution in [2.24, 2.45) is 4.99 Å². The first-order valence-electron chi connectivity index (χ1n) is 4.02. The van der Waals surface area contributed by atoms with Crippen molar-refractivity contribution in [3.05, 3.63) is 29.0 Å². The molecule has 3 heteroatoms. The number of aliphatic imine (C=N–C) groups is 1. The van der Waals surface area contributed by atoms with E-state index >= 15 is 0 Å². The lowest BCUT2D eigenvalue weighted by atomic mass is 10.2. The first-order valence-corrected chi connectivity index (χ1v) is 4.40. The normalized spacial score (nSPS) is 16.2. The van der Waals surface area contributed by atoms with Gasteiger partial charge in [0.25, 0.3) is 0 Å². The predicted molar refractivity (Wildman–Crippen MR) is 49.9 cm³/mol. The molecule has 0 amide bonds. The number of pyridine rings is 1. The van der Waals surface area contributed by atoms with Gasteiger partial charge in [-0.3, -0.25) is 9.98 Å². The molecule has 0 fully saturated rings. The van der Waals surface area contributed by atoms with E-state index in [-0.39, 0.29) is 0 Å². The van der Waals surface area contributed by atoms with E-state index in [1.807, 2.05) is 12.1 Å². The molecule has 0 aliphatic carbocycles. The molecule has 0 bridgehead atoms. The largest absolute Gasteiger partial charge is 0.287 e. The van der Waals surface area contributed by atoms with E-state index in [2.05, 4.69) is 9.98 Å². The van der Waals surface area contributed by atoms with Crippen LogP contribution in [0.4, 0.5) is 0 Å². The first kappa shape index (κ1) is 7.74. The molecule has 1 aliphatic heterocycles. The fraction of sp³-hybridized carbons (Fsp3) is 0.333. The minimum Gasteiger partial charge on any atom is -0.287 e. The second-order valence-electron chi connectivity index (χ2n) is 2.77. The van der Waals surface area contributed by atoms with Crippen LogP contribution in [0.25, 0.3) is 0 Å². The highest BCUT2D eigenvalue weighted by Gasteiger charge is 2.12. The topological polar surface area (TPSA) is 25.2 Å². The summed E-state index contributed by atoms with van der Waals surface area (Å²) in [5, 5.41) is 0.707. The van der Waals surface area contributed by atoms with Crippen LogP contribution in [0.5, 0.6) is 0 Å². The summed E-state index contributed by atoms with van der Waals surface area (Å²) in [6.07, 6.45) is 3.89. The summed E-state index contributed by atoms with van der Waals surface area (Å²) in [4.78, 5) is 8.53. The van der Waals surface area contributed by atoms with Crippen LogP contribution in [0.2, 0.25) is 5.02 Å². The molecule has 0 spiro atoms. The quantitative estimate of drug-likeness (QED) is 0.651. The molecule has 0 radical (unpaired) electrons. The molecule has 12 heavy (non-hydrogen) atoms. The third-order valence-corrected chi connectivity index (χ3v) is 2.21. The number of nitrogens with zero attached hydrogens (tertiary/aromatic N) is 2. The lowest BCUT2D eigenvalue weighted by Gasteiger charge is -2.00. The molecular formula is C9H9ClN2. The SMILES string of the molecule is Clc1cccnc1C1=NCCC1. The van der Waals surface area contributed by atoms with Crippen molar-refractivity contribution >= 4 is 17.3 Å². The van der Waals surface area contributed by atoms with Crippen molar-refractivity contribution in [1.29, 1.82) is 0 Å². The van der Waals surface area contributed by atoms with Gasteiger partial charge in [-0.1, -0.05) is 11.6 Å². The van der Waals surface area contributed by atoms with Gasteiger partial charge in [0.1, 0.15) is 5.69 Å². The molecule has 0 saturated carbocycles. The Balaban J connectivity index is 2.39. The summed E-state index contributed by atoms with van der Waals surface area (Å²) in [5.74, 6) is 0. The average molecular weight is 181 g/mol. The van der Waals surface area contributed by atoms with Gasteiger partial charge in [0, 0.05) is 12.7 Å². The zero-order chi connectivity index (χ0) is 8.39. The van der Waals surface area contributed by atoms with Crippen LogP contribution in [0.15, 0.2) is 23.3 Å². The van der Waals surface area contributed by atoms with E-state index in [1.165, 1.54) is 0 Å². The van der Waals surface area contributed by atoms with Crippen LogP contribution in [0.1, 0.15) is 18.5 Å². The van der Waals surface area contributed by atoms with Crippen LogP contribution < -0.4 is 0 Å². The molecule has 2 heterocycles. The Morgan fingerprint density at radius 2 is 2.33 bits per heavy atom. The highest BCUT2D eigenvalue weighted by atomic mass is 35.5. The molecule has 2 nitrogen and oxygen atoms in total. The van der Waals surface area contributed by atoms with Gasteiger partial charge in [0.05, 0.1) is 10.7 Å². The summed E-state index contributed by atoms with van der Waals surface area (Å²) in [5.41, 5.74) is 1.91. The monoisotopic (exact) mass is 180 g/mol. The lowest BCUT2D eigenvalue weighted by molar-refractivity contribution is 0.950. The fourth-order valence-corrected chi connectivity index (χ4v) is 1.56. The Morgan fingerprint density at radius 1 is 1.42 bits per heavy atom. The number of rotatable bonds is 1. The number of hydrogen-bond donors (Lipinski definition) is 0. The molecule has 0 atom stereocenters. The minimum absolute atomic E-state index is 0.707. The van der Waals surface area contributed by atoms with E-state index < -0.39 is 0 Å². The van der Waals surface area contributed by atoms with Gasteiger partial charge >= 0.3 is 0 Å². The third-order valence-electron chi connectivity index (χ3n) is 1.91. The van der Waals surface area contributed by atoms with E-state index in [9.17, 15) is 0 Å². The molecule has 62 valence electrons. The highest BCUT2D eigenvalue weighted by Crippen LogP contribution is 2.18. The summed E-state index contributed by atoms with van der Waals surface area (Å²) in [7, 11) is 0. The maximum atomic E-state index is 5.96. The number of aromatic nitrogens is 1. The summed E-state index contributed by atoms with van der Waals surface area (Å²) < 4.78 is 0. The van der Waals surface area contributed by atoms with E-state index in [0.29, 0.717) is 5.02 Å². The Hall–Kier alpha value is -0.890. The standard InChI is InChI=1S/C9H9ClN2/c10-7-3-1-6-12-9(7)8-4-2-5-11-8/h1,3,6H,2,4-5H2. The molecule has 0 N–H and O–H groups in total. The van der Waals surface area contributed by atoms with Crippen LogP contribution >= 0.6 is 11.6 Å². The smallest absolute Gasteiger partial charge is 0.103 e. The summed E-state index contributed by atoms with van der Waals surface area (Å²) in [6, 6.07) is 3.69. The number of hydrogen-bond acceptors (Lipinski definition) is 2. The van der Waals surface area contributed by atoms with Crippen molar-refractivity contribution in [2.45, 2.75) is 12.8 Å². The molecule has 1 aromatic heterocycles. The van der Waals surface area contributed by atoms with Gasteiger partial charge in [-0.25, -0.2) is 0 Å². The van der Waals surface area contributed by atoms with E-state index in [4.69, 9.17) is 11.6 Å². The van der Waals surface area contributed by atoms with Gasteiger partial charge in [-0.15, -0.1) is 0 Å². The number of halogens is 1. The highest BCUT2D eigenvalue weighted by molar-refractivity contribution is 6.33.